The van der Waals surface area contributed by atoms with Crippen molar-refractivity contribution in [1.82, 2.24) is 5.43 Å². The third-order valence-corrected chi connectivity index (χ3v) is 5.34. The van der Waals surface area contributed by atoms with Gasteiger partial charge in [-0.1, -0.05) is 72.8 Å². The molecule has 0 saturated carbocycles. The van der Waals surface area contributed by atoms with E-state index >= 15 is 0 Å². The average Bonchev–Trinajstić information content (AvgIpc) is 2.91. The Kier molecular flexibility index (Phi) is 7.76. The average molecular weight is 466 g/mol. The van der Waals surface area contributed by atoms with Crippen LogP contribution in [-0.2, 0) is 13.2 Å². The Bertz CT molecular complexity index is 1290. The van der Waals surface area contributed by atoms with Gasteiger partial charge in [0.25, 0.3) is 5.91 Å². The van der Waals surface area contributed by atoms with E-state index in [0.717, 1.165) is 16.7 Å². The Balaban J connectivity index is 1.51. The SMILES string of the molecule is C/C(=N/NC(=O)c1ccc(OCc2ccccc2)cc1OCc1ccccc1)c1ccc(N)cc1. The molecule has 0 aliphatic heterocycles. The standard InChI is InChI=1S/C29H27N3O3/c1-21(24-12-14-25(30)15-13-24)31-32-29(33)27-17-16-26(34-19-22-8-4-2-5-9-22)18-28(27)35-20-23-10-6-3-7-11-23/h2-18H,19-20,30H2,1H3,(H,32,33)/b31-21-. The van der Waals surface area contributed by atoms with Crippen molar-refractivity contribution in [2.24, 2.45) is 5.10 Å². The van der Waals surface area contributed by atoms with Crippen molar-refractivity contribution in [2.75, 3.05) is 5.73 Å². The van der Waals surface area contributed by atoms with Crippen LogP contribution in [-0.4, -0.2) is 11.6 Å². The second kappa shape index (κ2) is 11.5. The first-order valence-electron chi connectivity index (χ1n) is 11.3. The van der Waals surface area contributed by atoms with Crippen molar-refractivity contribution in [1.29, 1.82) is 0 Å². The highest BCUT2D eigenvalue weighted by atomic mass is 16.5. The first kappa shape index (κ1) is 23.6. The molecule has 176 valence electrons. The molecule has 1 amide bonds. The van der Waals surface area contributed by atoms with Gasteiger partial charge in [0, 0.05) is 11.8 Å². The molecule has 6 heteroatoms. The third-order valence-electron chi connectivity index (χ3n) is 5.34. The monoisotopic (exact) mass is 465 g/mol. The number of carbonyl (C=O) groups excluding carboxylic acids is 1. The zero-order valence-corrected chi connectivity index (χ0v) is 19.5. The number of hydrazone groups is 1. The van der Waals surface area contributed by atoms with Crippen molar-refractivity contribution in [3.8, 4) is 11.5 Å². The number of carbonyl (C=O) groups is 1. The largest absolute Gasteiger partial charge is 0.489 e. The van der Waals surface area contributed by atoms with Crippen molar-refractivity contribution in [3.05, 3.63) is 125 Å². The Hall–Kier alpha value is -4.58. The third kappa shape index (κ3) is 6.71. The molecule has 3 N–H and O–H groups in total. The highest BCUT2D eigenvalue weighted by Gasteiger charge is 2.15. The normalized spacial score (nSPS) is 11.1. The quantitative estimate of drug-likeness (QED) is 0.192. The summed E-state index contributed by atoms with van der Waals surface area (Å²) in [5.41, 5.74) is 13.0. The molecule has 0 aromatic heterocycles. The van der Waals surface area contributed by atoms with Crippen LogP contribution in [0.4, 0.5) is 5.69 Å². The number of ether oxygens (including phenoxy) is 2. The molecule has 0 fully saturated rings. The van der Waals surface area contributed by atoms with Gasteiger partial charge in [0.2, 0.25) is 0 Å². The van der Waals surface area contributed by atoms with Crippen LogP contribution in [0.25, 0.3) is 0 Å². The van der Waals surface area contributed by atoms with Crippen molar-refractivity contribution in [2.45, 2.75) is 20.1 Å². The van der Waals surface area contributed by atoms with E-state index in [-0.39, 0.29) is 5.91 Å². The van der Waals surface area contributed by atoms with E-state index in [1.807, 2.05) is 79.7 Å². The van der Waals surface area contributed by atoms with E-state index in [1.54, 1.807) is 30.3 Å². The lowest BCUT2D eigenvalue weighted by Gasteiger charge is -2.14. The second-order valence-corrected chi connectivity index (χ2v) is 7.97. The van der Waals surface area contributed by atoms with Gasteiger partial charge >= 0.3 is 0 Å². The highest BCUT2D eigenvalue weighted by molar-refractivity contribution is 6.01. The Morgan fingerprint density at radius 3 is 2.03 bits per heavy atom. The number of benzene rings is 4. The molecule has 4 aromatic carbocycles. The predicted molar refractivity (Wildman–Crippen MR) is 139 cm³/mol. The van der Waals surface area contributed by atoms with Crippen molar-refractivity contribution < 1.29 is 14.3 Å². The molecule has 0 radical (unpaired) electrons. The van der Waals surface area contributed by atoms with Gasteiger partial charge in [0.1, 0.15) is 24.7 Å². The first-order valence-corrected chi connectivity index (χ1v) is 11.3. The molecule has 0 aliphatic carbocycles. The summed E-state index contributed by atoms with van der Waals surface area (Å²) in [6, 6.07) is 32.1. The lowest BCUT2D eigenvalue weighted by Crippen LogP contribution is -2.20. The molecule has 0 saturated heterocycles. The van der Waals surface area contributed by atoms with Crippen LogP contribution in [0.3, 0.4) is 0 Å². The number of nitrogens with zero attached hydrogens (tertiary/aromatic N) is 1. The second-order valence-electron chi connectivity index (χ2n) is 7.97. The van der Waals surface area contributed by atoms with Gasteiger partial charge in [-0.05, 0) is 47.9 Å². The van der Waals surface area contributed by atoms with Gasteiger partial charge in [-0.3, -0.25) is 4.79 Å². The van der Waals surface area contributed by atoms with E-state index in [9.17, 15) is 4.79 Å². The summed E-state index contributed by atoms with van der Waals surface area (Å²) in [5.74, 6) is 0.643. The summed E-state index contributed by atoms with van der Waals surface area (Å²) in [6.07, 6.45) is 0. The molecule has 4 rings (SSSR count). The molecular formula is C29H27N3O3. The fourth-order valence-corrected chi connectivity index (χ4v) is 3.36. The maximum atomic E-state index is 13.0. The molecule has 0 heterocycles. The maximum absolute atomic E-state index is 13.0. The van der Waals surface area contributed by atoms with Crippen LogP contribution in [0, 0.1) is 0 Å². The molecule has 4 aromatic rings. The van der Waals surface area contributed by atoms with E-state index in [2.05, 4.69) is 10.5 Å². The molecule has 0 unspecified atom stereocenters. The molecule has 0 bridgehead atoms. The summed E-state index contributed by atoms with van der Waals surface area (Å²) in [7, 11) is 0. The number of hydrogen-bond acceptors (Lipinski definition) is 5. The number of anilines is 1. The number of amides is 1. The number of rotatable bonds is 9. The zero-order valence-electron chi connectivity index (χ0n) is 19.5. The van der Waals surface area contributed by atoms with Gasteiger partial charge in [0.15, 0.2) is 0 Å². The molecule has 0 aliphatic rings. The van der Waals surface area contributed by atoms with Crippen molar-refractivity contribution in [3.63, 3.8) is 0 Å². The van der Waals surface area contributed by atoms with E-state index in [0.29, 0.717) is 41.7 Å². The number of nitrogens with two attached hydrogens (primary N) is 1. The fraction of sp³-hybridized carbons (Fsp3) is 0.103. The van der Waals surface area contributed by atoms with Gasteiger partial charge in [-0.15, -0.1) is 0 Å². The predicted octanol–water partition coefficient (Wildman–Crippen LogP) is 5.58. The van der Waals surface area contributed by atoms with Gasteiger partial charge in [-0.2, -0.15) is 5.10 Å². The van der Waals surface area contributed by atoms with Crippen LogP contribution in [0.1, 0.15) is 34.0 Å². The lowest BCUT2D eigenvalue weighted by atomic mass is 10.1. The van der Waals surface area contributed by atoms with Crippen LogP contribution in [0.2, 0.25) is 0 Å². The van der Waals surface area contributed by atoms with Crippen LogP contribution >= 0.6 is 0 Å². The minimum atomic E-state index is -0.377. The van der Waals surface area contributed by atoms with Crippen LogP contribution < -0.4 is 20.6 Å². The lowest BCUT2D eigenvalue weighted by molar-refractivity contribution is 0.0950. The summed E-state index contributed by atoms with van der Waals surface area (Å²) in [5, 5.41) is 4.25. The number of hydrogen-bond donors (Lipinski definition) is 2. The van der Waals surface area contributed by atoms with E-state index in [4.69, 9.17) is 15.2 Å². The summed E-state index contributed by atoms with van der Waals surface area (Å²) in [4.78, 5) is 13.0. The molecule has 35 heavy (non-hydrogen) atoms. The minimum absolute atomic E-state index is 0.316. The Morgan fingerprint density at radius 2 is 1.40 bits per heavy atom. The maximum Gasteiger partial charge on any atom is 0.275 e. The first-order chi connectivity index (χ1) is 17.1. The zero-order chi connectivity index (χ0) is 24.5. The Labute approximate surface area is 205 Å². The van der Waals surface area contributed by atoms with Gasteiger partial charge < -0.3 is 15.2 Å². The smallest absolute Gasteiger partial charge is 0.275 e. The molecule has 0 spiro atoms. The van der Waals surface area contributed by atoms with Crippen LogP contribution in [0.15, 0.2) is 108 Å². The summed E-state index contributed by atoms with van der Waals surface area (Å²) < 4.78 is 12.0. The molecular weight excluding hydrogens is 438 g/mol. The van der Waals surface area contributed by atoms with Crippen molar-refractivity contribution >= 4 is 17.3 Å². The van der Waals surface area contributed by atoms with E-state index in [1.165, 1.54) is 0 Å². The minimum Gasteiger partial charge on any atom is -0.489 e. The number of nitrogen functional groups attached to an aromatic ring is 1. The summed E-state index contributed by atoms with van der Waals surface area (Å²) >= 11 is 0. The van der Waals surface area contributed by atoms with Crippen LogP contribution in [0.5, 0.6) is 11.5 Å². The topological polar surface area (TPSA) is 85.9 Å². The highest BCUT2D eigenvalue weighted by Crippen LogP contribution is 2.27. The van der Waals surface area contributed by atoms with Gasteiger partial charge in [-0.25, -0.2) is 5.43 Å². The summed E-state index contributed by atoms with van der Waals surface area (Å²) in [6.45, 7) is 2.55. The van der Waals surface area contributed by atoms with E-state index < -0.39 is 0 Å². The molecule has 6 nitrogen and oxygen atoms in total. The Morgan fingerprint density at radius 1 is 0.800 bits per heavy atom. The number of nitrogens with one attached hydrogen (secondary N) is 1. The molecule has 0 atom stereocenters. The van der Waals surface area contributed by atoms with Gasteiger partial charge in [0.05, 0.1) is 11.3 Å². The fourth-order valence-electron chi connectivity index (χ4n) is 3.36.